The summed E-state index contributed by atoms with van der Waals surface area (Å²) in [4.78, 5) is 0. The van der Waals surface area contributed by atoms with Gasteiger partial charge >= 0.3 is 6.18 Å². The Kier molecular flexibility index (Phi) is 5.82. The van der Waals surface area contributed by atoms with Crippen LogP contribution in [0.5, 0.6) is 0 Å². The number of benzene rings is 2. The molecule has 0 atom stereocenters. The van der Waals surface area contributed by atoms with Crippen molar-refractivity contribution in [2.75, 3.05) is 5.32 Å². The summed E-state index contributed by atoms with van der Waals surface area (Å²) in [5.74, 6) is -1.29. The van der Waals surface area contributed by atoms with Crippen LogP contribution in [-0.4, -0.2) is 5.11 Å². The molecule has 0 saturated heterocycles. The zero-order valence-electron chi connectivity index (χ0n) is 12.5. The lowest BCUT2D eigenvalue weighted by Gasteiger charge is -2.14. The summed E-state index contributed by atoms with van der Waals surface area (Å²) in [5.41, 5.74) is 0.314. The summed E-state index contributed by atoms with van der Waals surface area (Å²) in [6.07, 6.45) is -4.73. The standard InChI is InChI=1S/C16H13BrF4N2S/c1-9-7-11(5-6-13(9)17)23-15(24)22-8-10-3-2-4-12(14(10)18)16(19,20)21/h2-7H,8H2,1H3,(H2,22,23,24). The molecule has 2 aromatic carbocycles. The number of hydrogen-bond donors (Lipinski definition) is 2. The van der Waals surface area contributed by atoms with E-state index in [1.54, 1.807) is 6.07 Å². The fourth-order valence-corrected chi connectivity index (χ4v) is 2.45. The molecule has 0 bridgehead atoms. The minimum absolute atomic E-state index is 0.110. The van der Waals surface area contributed by atoms with E-state index in [0.29, 0.717) is 6.07 Å². The molecule has 2 rings (SSSR count). The zero-order valence-corrected chi connectivity index (χ0v) is 14.9. The molecule has 0 saturated carbocycles. The molecule has 0 fully saturated rings. The minimum Gasteiger partial charge on any atom is -0.358 e. The Morgan fingerprint density at radius 2 is 1.92 bits per heavy atom. The quantitative estimate of drug-likeness (QED) is 0.513. The average Bonchev–Trinajstić information content (AvgIpc) is 2.49. The number of nitrogens with one attached hydrogen (secondary N) is 2. The SMILES string of the molecule is Cc1cc(NC(=S)NCc2cccc(C(F)(F)F)c2F)ccc1Br. The van der Waals surface area contributed by atoms with Crippen LogP contribution >= 0.6 is 28.1 Å². The van der Waals surface area contributed by atoms with Gasteiger partial charge in [-0.2, -0.15) is 13.2 Å². The molecule has 0 heterocycles. The highest BCUT2D eigenvalue weighted by Gasteiger charge is 2.34. The van der Waals surface area contributed by atoms with Crippen molar-refractivity contribution in [1.29, 1.82) is 0 Å². The number of aryl methyl sites for hydroxylation is 1. The molecular formula is C16H13BrF4N2S. The highest BCUT2D eigenvalue weighted by Crippen LogP contribution is 2.32. The number of thiocarbonyl (C=S) groups is 1. The Hall–Kier alpha value is -1.67. The van der Waals surface area contributed by atoms with E-state index in [-0.39, 0.29) is 17.2 Å². The van der Waals surface area contributed by atoms with E-state index in [1.807, 2.05) is 19.1 Å². The Balaban J connectivity index is 2.03. The van der Waals surface area contributed by atoms with Crippen molar-refractivity contribution in [1.82, 2.24) is 5.32 Å². The topological polar surface area (TPSA) is 24.1 Å². The predicted octanol–water partition coefficient (Wildman–Crippen LogP) is 5.40. The van der Waals surface area contributed by atoms with E-state index < -0.39 is 17.6 Å². The van der Waals surface area contributed by atoms with Gasteiger partial charge in [-0.15, -0.1) is 0 Å². The first-order valence-electron chi connectivity index (χ1n) is 6.84. The van der Waals surface area contributed by atoms with Crippen molar-refractivity contribution in [3.8, 4) is 0 Å². The number of anilines is 1. The maximum atomic E-state index is 13.9. The van der Waals surface area contributed by atoms with Crippen molar-refractivity contribution in [3.05, 3.63) is 63.4 Å². The molecule has 2 nitrogen and oxygen atoms in total. The van der Waals surface area contributed by atoms with Crippen LogP contribution in [0.15, 0.2) is 40.9 Å². The van der Waals surface area contributed by atoms with Crippen LogP contribution in [0.2, 0.25) is 0 Å². The first kappa shape index (κ1) is 18.7. The third kappa shape index (κ3) is 4.67. The van der Waals surface area contributed by atoms with Crippen LogP contribution in [0.3, 0.4) is 0 Å². The number of alkyl halides is 3. The molecule has 0 radical (unpaired) electrons. The fourth-order valence-electron chi connectivity index (χ4n) is 2.01. The van der Waals surface area contributed by atoms with Crippen molar-refractivity contribution >= 4 is 38.9 Å². The van der Waals surface area contributed by atoms with Gasteiger partial charge in [0.2, 0.25) is 0 Å². The van der Waals surface area contributed by atoms with E-state index in [1.165, 1.54) is 6.07 Å². The third-order valence-corrected chi connectivity index (χ3v) is 4.38. The summed E-state index contributed by atoms with van der Waals surface area (Å²) in [6.45, 7) is 1.75. The van der Waals surface area contributed by atoms with Gasteiger partial charge in [0.05, 0.1) is 5.56 Å². The van der Waals surface area contributed by atoms with Gasteiger partial charge in [-0.3, -0.25) is 0 Å². The first-order chi connectivity index (χ1) is 11.2. The lowest BCUT2D eigenvalue weighted by Crippen LogP contribution is -2.28. The molecule has 2 N–H and O–H groups in total. The number of halogens is 5. The van der Waals surface area contributed by atoms with E-state index in [2.05, 4.69) is 26.6 Å². The zero-order chi connectivity index (χ0) is 17.9. The second-order valence-electron chi connectivity index (χ2n) is 5.05. The molecular weight excluding hydrogens is 408 g/mol. The van der Waals surface area contributed by atoms with Gasteiger partial charge in [0.25, 0.3) is 0 Å². The maximum Gasteiger partial charge on any atom is 0.419 e. The molecule has 128 valence electrons. The molecule has 24 heavy (non-hydrogen) atoms. The van der Waals surface area contributed by atoms with Gasteiger partial charge in [0.15, 0.2) is 5.11 Å². The van der Waals surface area contributed by atoms with Gasteiger partial charge in [-0.25, -0.2) is 4.39 Å². The summed E-state index contributed by atoms with van der Waals surface area (Å²) in [7, 11) is 0. The van der Waals surface area contributed by atoms with E-state index in [0.717, 1.165) is 21.8 Å². The molecule has 0 unspecified atom stereocenters. The van der Waals surface area contributed by atoms with E-state index in [9.17, 15) is 17.6 Å². The number of hydrogen-bond acceptors (Lipinski definition) is 1. The molecule has 0 aliphatic rings. The molecule has 8 heteroatoms. The molecule has 2 aromatic rings. The van der Waals surface area contributed by atoms with Gasteiger partial charge < -0.3 is 10.6 Å². The van der Waals surface area contributed by atoms with Crippen LogP contribution in [0.4, 0.5) is 23.2 Å². The first-order valence-corrected chi connectivity index (χ1v) is 8.04. The lowest BCUT2D eigenvalue weighted by molar-refractivity contribution is -0.140. The molecule has 0 aromatic heterocycles. The Morgan fingerprint density at radius 1 is 1.21 bits per heavy atom. The van der Waals surface area contributed by atoms with E-state index >= 15 is 0 Å². The number of rotatable bonds is 3. The second-order valence-corrected chi connectivity index (χ2v) is 6.31. The Labute approximate surface area is 150 Å². The molecule has 0 aliphatic carbocycles. The predicted molar refractivity (Wildman–Crippen MR) is 93.3 cm³/mol. The minimum atomic E-state index is -4.73. The van der Waals surface area contributed by atoms with Gasteiger partial charge in [-0.05, 0) is 49.0 Å². The average molecular weight is 421 g/mol. The van der Waals surface area contributed by atoms with Gasteiger partial charge in [0, 0.05) is 22.3 Å². The van der Waals surface area contributed by atoms with Crippen molar-refractivity contribution in [2.24, 2.45) is 0 Å². The Morgan fingerprint density at radius 3 is 2.54 bits per heavy atom. The van der Waals surface area contributed by atoms with Gasteiger partial charge in [-0.1, -0.05) is 28.1 Å². The summed E-state index contributed by atoms with van der Waals surface area (Å²) in [5, 5.41) is 5.79. The molecule has 0 spiro atoms. The van der Waals surface area contributed by atoms with Crippen molar-refractivity contribution in [2.45, 2.75) is 19.6 Å². The highest BCUT2D eigenvalue weighted by atomic mass is 79.9. The van der Waals surface area contributed by atoms with Crippen LogP contribution in [0, 0.1) is 12.7 Å². The highest BCUT2D eigenvalue weighted by molar-refractivity contribution is 9.10. The summed E-state index contributed by atoms with van der Waals surface area (Å²) in [6, 6.07) is 8.63. The normalized spacial score (nSPS) is 11.2. The summed E-state index contributed by atoms with van der Waals surface area (Å²) < 4.78 is 52.9. The second kappa shape index (κ2) is 7.48. The van der Waals surface area contributed by atoms with Gasteiger partial charge in [0.1, 0.15) is 5.82 Å². The van der Waals surface area contributed by atoms with E-state index in [4.69, 9.17) is 12.2 Å². The summed E-state index contributed by atoms with van der Waals surface area (Å²) >= 11 is 8.46. The van der Waals surface area contributed by atoms with Crippen LogP contribution in [0.25, 0.3) is 0 Å². The largest absolute Gasteiger partial charge is 0.419 e. The Bertz CT molecular complexity index is 762. The van der Waals surface area contributed by atoms with Crippen molar-refractivity contribution in [3.63, 3.8) is 0 Å². The van der Waals surface area contributed by atoms with Crippen molar-refractivity contribution < 1.29 is 17.6 Å². The lowest BCUT2D eigenvalue weighted by atomic mass is 10.1. The third-order valence-electron chi connectivity index (χ3n) is 3.24. The monoisotopic (exact) mass is 420 g/mol. The fraction of sp³-hybridized carbons (Fsp3) is 0.188. The van der Waals surface area contributed by atoms with Crippen LogP contribution in [0.1, 0.15) is 16.7 Å². The maximum absolute atomic E-state index is 13.9. The van der Waals surface area contributed by atoms with Crippen LogP contribution in [-0.2, 0) is 12.7 Å². The molecule has 0 aliphatic heterocycles. The smallest absolute Gasteiger partial charge is 0.358 e. The van der Waals surface area contributed by atoms with Crippen LogP contribution < -0.4 is 10.6 Å². The molecule has 0 amide bonds.